The maximum Gasteiger partial charge on any atom is 0.410 e. The largest absolute Gasteiger partial charge is 0.449 e. The highest BCUT2D eigenvalue weighted by atomic mass is 16.6. The second kappa shape index (κ2) is 4.94. The number of pyridine rings is 1. The zero-order valence-corrected chi connectivity index (χ0v) is 10.2. The predicted molar refractivity (Wildman–Crippen MR) is 63.8 cm³/mol. The highest BCUT2D eigenvalue weighted by molar-refractivity contribution is 5.68. The van der Waals surface area contributed by atoms with Crippen LogP contribution in [0.3, 0.4) is 0 Å². The van der Waals surface area contributed by atoms with E-state index in [0.29, 0.717) is 32.2 Å². The molecule has 2 aliphatic heterocycles. The van der Waals surface area contributed by atoms with Gasteiger partial charge in [-0.1, -0.05) is 6.07 Å². The van der Waals surface area contributed by atoms with Crippen LogP contribution in [0.15, 0.2) is 18.3 Å². The molecule has 5 heteroatoms. The van der Waals surface area contributed by atoms with E-state index >= 15 is 0 Å². The molecular formula is C13H16N2O3. The van der Waals surface area contributed by atoms with E-state index in [9.17, 15) is 4.79 Å². The van der Waals surface area contributed by atoms with Gasteiger partial charge >= 0.3 is 6.09 Å². The normalized spacial score (nSPS) is 22.0. The first-order valence-electron chi connectivity index (χ1n) is 6.25. The first-order chi connectivity index (χ1) is 8.83. The molecule has 3 rings (SSSR count). The molecule has 1 fully saturated rings. The molecule has 1 atom stereocenters. The molecule has 0 N–H and O–H groups in total. The lowest BCUT2D eigenvalue weighted by Gasteiger charge is -2.16. The van der Waals surface area contributed by atoms with Crippen LogP contribution in [0.1, 0.15) is 17.7 Å². The van der Waals surface area contributed by atoms with Crippen LogP contribution >= 0.6 is 0 Å². The Balaban J connectivity index is 1.52. The van der Waals surface area contributed by atoms with Crippen LogP contribution in [0, 0.1) is 5.92 Å². The van der Waals surface area contributed by atoms with Crippen molar-refractivity contribution < 1.29 is 14.3 Å². The summed E-state index contributed by atoms with van der Waals surface area (Å²) in [6.07, 6.45) is 2.48. The van der Waals surface area contributed by atoms with Crippen molar-refractivity contribution in [2.45, 2.75) is 19.5 Å². The van der Waals surface area contributed by atoms with Crippen molar-refractivity contribution in [2.24, 2.45) is 5.92 Å². The Labute approximate surface area is 106 Å². The molecule has 0 aliphatic carbocycles. The molecule has 0 bridgehead atoms. The number of ether oxygens (including phenoxy) is 2. The number of amides is 1. The highest BCUT2D eigenvalue weighted by Gasteiger charge is 2.26. The van der Waals surface area contributed by atoms with Crippen molar-refractivity contribution in [2.75, 3.05) is 19.8 Å². The Bertz CT molecular complexity index is 419. The fourth-order valence-electron chi connectivity index (χ4n) is 2.32. The molecule has 0 saturated carbocycles. The molecule has 1 unspecified atom stereocenters. The van der Waals surface area contributed by atoms with Gasteiger partial charge in [-0.15, -0.1) is 0 Å². The summed E-state index contributed by atoms with van der Waals surface area (Å²) in [6.45, 7) is 3.09. The second-order valence-electron chi connectivity index (χ2n) is 4.77. The number of hydrogen-bond acceptors (Lipinski definition) is 4. The van der Waals surface area contributed by atoms with Crippen LogP contribution in [-0.2, 0) is 22.6 Å². The summed E-state index contributed by atoms with van der Waals surface area (Å²) in [6, 6.07) is 3.89. The minimum atomic E-state index is -0.250. The van der Waals surface area contributed by atoms with Gasteiger partial charge in [0.05, 0.1) is 32.0 Å². The van der Waals surface area contributed by atoms with E-state index in [2.05, 4.69) is 4.98 Å². The Kier molecular flexibility index (Phi) is 3.15. The molecule has 18 heavy (non-hydrogen) atoms. The van der Waals surface area contributed by atoms with Gasteiger partial charge in [0.25, 0.3) is 0 Å². The van der Waals surface area contributed by atoms with Gasteiger partial charge in [-0.05, 0) is 18.1 Å². The van der Waals surface area contributed by atoms with Crippen LogP contribution in [0.5, 0.6) is 0 Å². The first-order valence-corrected chi connectivity index (χ1v) is 6.25. The lowest BCUT2D eigenvalue weighted by Crippen LogP contribution is -2.28. The molecule has 2 aliphatic rings. The third-order valence-corrected chi connectivity index (χ3v) is 3.41. The number of nitrogens with zero attached hydrogens (tertiary/aromatic N) is 2. The third kappa shape index (κ3) is 2.31. The van der Waals surface area contributed by atoms with E-state index in [1.165, 1.54) is 0 Å². The highest BCUT2D eigenvalue weighted by Crippen LogP contribution is 2.21. The molecule has 0 spiro atoms. The van der Waals surface area contributed by atoms with Crippen molar-refractivity contribution in [3.63, 3.8) is 0 Å². The molecule has 1 amide bonds. The Morgan fingerprint density at radius 3 is 3.28 bits per heavy atom. The molecule has 3 heterocycles. The molecule has 5 nitrogen and oxygen atoms in total. The Morgan fingerprint density at radius 1 is 1.56 bits per heavy atom. The van der Waals surface area contributed by atoms with Crippen LogP contribution in [0.4, 0.5) is 4.79 Å². The fourth-order valence-corrected chi connectivity index (χ4v) is 2.32. The molecule has 96 valence electrons. The van der Waals surface area contributed by atoms with Crippen LogP contribution in [0.25, 0.3) is 0 Å². The summed E-state index contributed by atoms with van der Waals surface area (Å²) in [5.41, 5.74) is 2.08. The first kappa shape index (κ1) is 11.5. The fraction of sp³-hybridized carbons (Fsp3) is 0.538. The molecule has 0 radical (unpaired) electrons. The summed E-state index contributed by atoms with van der Waals surface area (Å²) >= 11 is 0. The van der Waals surface area contributed by atoms with Gasteiger partial charge < -0.3 is 9.47 Å². The van der Waals surface area contributed by atoms with Crippen LogP contribution < -0.4 is 0 Å². The number of carbonyl (C=O) groups excluding carboxylic acids is 1. The van der Waals surface area contributed by atoms with Gasteiger partial charge in [-0.3, -0.25) is 9.88 Å². The van der Waals surface area contributed by atoms with Crippen molar-refractivity contribution in [1.29, 1.82) is 0 Å². The van der Waals surface area contributed by atoms with Gasteiger partial charge in [0.1, 0.15) is 0 Å². The molecule has 1 aromatic heterocycles. The predicted octanol–water partition coefficient (Wildman–Crippen LogP) is 1.57. The van der Waals surface area contributed by atoms with E-state index < -0.39 is 0 Å². The topological polar surface area (TPSA) is 51.7 Å². The van der Waals surface area contributed by atoms with E-state index in [-0.39, 0.29) is 6.09 Å². The van der Waals surface area contributed by atoms with Crippen LogP contribution in [0.2, 0.25) is 0 Å². The summed E-state index contributed by atoms with van der Waals surface area (Å²) in [5, 5.41) is 0. The minimum Gasteiger partial charge on any atom is -0.449 e. The van der Waals surface area contributed by atoms with Gasteiger partial charge in [0.15, 0.2) is 0 Å². The minimum absolute atomic E-state index is 0.250. The number of hydrogen-bond donors (Lipinski definition) is 0. The number of fused-ring (bicyclic) bond motifs is 1. The number of carbonyl (C=O) groups is 1. The van der Waals surface area contributed by atoms with Gasteiger partial charge in [0, 0.05) is 18.7 Å². The van der Waals surface area contributed by atoms with Gasteiger partial charge in [-0.2, -0.15) is 0 Å². The summed E-state index contributed by atoms with van der Waals surface area (Å²) in [7, 11) is 0. The maximum absolute atomic E-state index is 11.9. The summed E-state index contributed by atoms with van der Waals surface area (Å²) in [5.74, 6) is 0.358. The van der Waals surface area contributed by atoms with E-state index in [1.807, 2.05) is 12.1 Å². The zero-order valence-electron chi connectivity index (χ0n) is 10.2. The van der Waals surface area contributed by atoms with Gasteiger partial charge in [0.2, 0.25) is 0 Å². The monoisotopic (exact) mass is 248 g/mol. The molecule has 1 saturated heterocycles. The van der Waals surface area contributed by atoms with Crippen molar-refractivity contribution >= 4 is 6.09 Å². The zero-order chi connectivity index (χ0) is 12.4. The van der Waals surface area contributed by atoms with Crippen molar-refractivity contribution in [3.05, 3.63) is 29.6 Å². The number of aromatic nitrogens is 1. The quantitative estimate of drug-likeness (QED) is 0.797. The van der Waals surface area contributed by atoms with Crippen molar-refractivity contribution in [1.82, 2.24) is 9.88 Å². The molecule has 1 aromatic rings. The molecular weight excluding hydrogens is 232 g/mol. The standard InChI is InChI=1S/C13H16N2O3/c16-13(18-9-10-3-5-17-8-10)15-6-11-2-1-4-14-12(11)7-15/h1-2,4,10H,3,5-9H2. The average molecular weight is 248 g/mol. The maximum atomic E-state index is 11.9. The summed E-state index contributed by atoms with van der Waals surface area (Å²) < 4.78 is 10.6. The van der Waals surface area contributed by atoms with Crippen molar-refractivity contribution in [3.8, 4) is 0 Å². The summed E-state index contributed by atoms with van der Waals surface area (Å²) in [4.78, 5) is 17.9. The van der Waals surface area contributed by atoms with E-state index in [1.54, 1.807) is 11.1 Å². The van der Waals surface area contributed by atoms with Crippen LogP contribution in [-0.4, -0.2) is 35.8 Å². The molecule has 0 aromatic carbocycles. The third-order valence-electron chi connectivity index (χ3n) is 3.41. The smallest absolute Gasteiger partial charge is 0.410 e. The van der Waals surface area contributed by atoms with E-state index in [0.717, 1.165) is 24.3 Å². The van der Waals surface area contributed by atoms with E-state index in [4.69, 9.17) is 9.47 Å². The Morgan fingerprint density at radius 2 is 2.50 bits per heavy atom. The lowest BCUT2D eigenvalue weighted by molar-refractivity contribution is 0.0823. The average Bonchev–Trinajstić information content (AvgIpc) is 3.04. The van der Waals surface area contributed by atoms with Gasteiger partial charge in [-0.25, -0.2) is 4.79 Å². The lowest BCUT2D eigenvalue weighted by atomic mass is 10.1. The Hall–Kier alpha value is -1.62. The second-order valence-corrected chi connectivity index (χ2v) is 4.77. The number of rotatable bonds is 2. The SMILES string of the molecule is O=C(OCC1CCOC1)N1Cc2cccnc2C1.